The van der Waals surface area contributed by atoms with Crippen molar-refractivity contribution in [1.29, 1.82) is 0 Å². The van der Waals surface area contributed by atoms with Gasteiger partial charge in [0.1, 0.15) is 5.75 Å². The second-order valence-electron chi connectivity index (χ2n) is 4.54. The van der Waals surface area contributed by atoms with Crippen molar-refractivity contribution in [3.8, 4) is 5.75 Å². The molecule has 0 heterocycles. The maximum atomic E-state index is 11.5. The van der Waals surface area contributed by atoms with Crippen LogP contribution < -0.4 is 10.1 Å². The number of aliphatic hydroxyl groups excluding tert-OH is 1. The molecule has 0 aliphatic heterocycles. The van der Waals surface area contributed by atoms with Gasteiger partial charge in [0, 0.05) is 11.6 Å². The molecule has 0 aliphatic carbocycles. The molecule has 106 valence electrons. The lowest BCUT2D eigenvalue weighted by Crippen LogP contribution is -2.30. The van der Waals surface area contributed by atoms with Gasteiger partial charge in [-0.3, -0.25) is 4.79 Å². The molecule has 0 fully saturated rings. The SMILES string of the molecule is Cc1cc(Cl)ccc1OCC(=O)NCCCC(C)O. The summed E-state index contributed by atoms with van der Waals surface area (Å²) in [6, 6.07) is 5.26. The van der Waals surface area contributed by atoms with Crippen LogP contribution in [0.1, 0.15) is 25.3 Å². The number of benzene rings is 1. The fourth-order valence-corrected chi connectivity index (χ4v) is 1.82. The molecule has 1 unspecified atom stereocenters. The number of hydrogen-bond acceptors (Lipinski definition) is 3. The van der Waals surface area contributed by atoms with Crippen molar-refractivity contribution in [2.75, 3.05) is 13.2 Å². The van der Waals surface area contributed by atoms with E-state index in [0.29, 0.717) is 23.7 Å². The van der Waals surface area contributed by atoms with Crippen molar-refractivity contribution in [2.45, 2.75) is 32.8 Å². The third-order valence-corrected chi connectivity index (χ3v) is 2.85. The predicted octanol–water partition coefficient (Wildman–Crippen LogP) is 2.30. The highest BCUT2D eigenvalue weighted by atomic mass is 35.5. The van der Waals surface area contributed by atoms with Crippen LogP contribution in [0.2, 0.25) is 5.02 Å². The summed E-state index contributed by atoms with van der Waals surface area (Å²) >= 11 is 5.83. The first-order valence-electron chi connectivity index (χ1n) is 6.32. The van der Waals surface area contributed by atoms with Gasteiger partial charge >= 0.3 is 0 Å². The van der Waals surface area contributed by atoms with Crippen LogP contribution in [0.4, 0.5) is 0 Å². The van der Waals surface area contributed by atoms with Crippen LogP contribution in [0.15, 0.2) is 18.2 Å². The summed E-state index contributed by atoms with van der Waals surface area (Å²) in [5, 5.41) is 12.5. The molecule has 1 amide bonds. The van der Waals surface area contributed by atoms with Gasteiger partial charge in [0.15, 0.2) is 6.61 Å². The van der Waals surface area contributed by atoms with Gasteiger partial charge in [-0.1, -0.05) is 11.6 Å². The van der Waals surface area contributed by atoms with Crippen molar-refractivity contribution < 1.29 is 14.6 Å². The van der Waals surface area contributed by atoms with E-state index in [1.165, 1.54) is 0 Å². The van der Waals surface area contributed by atoms with Crippen molar-refractivity contribution >= 4 is 17.5 Å². The van der Waals surface area contributed by atoms with E-state index >= 15 is 0 Å². The van der Waals surface area contributed by atoms with Crippen LogP contribution in [0.25, 0.3) is 0 Å². The van der Waals surface area contributed by atoms with E-state index in [4.69, 9.17) is 21.4 Å². The van der Waals surface area contributed by atoms with Gasteiger partial charge < -0.3 is 15.2 Å². The fraction of sp³-hybridized carbons (Fsp3) is 0.500. The molecule has 0 bridgehead atoms. The monoisotopic (exact) mass is 285 g/mol. The van der Waals surface area contributed by atoms with Crippen LogP contribution in [0.5, 0.6) is 5.75 Å². The van der Waals surface area contributed by atoms with Gasteiger partial charge in [0.2, 0.25) is 0 Å². The molecule has 2 N–H and O–H groups in total. The molecule has 1 aromatic rings. The summed E-state index contributed by atoms with van der Waals surface area (Å²) < 4.78 is 5.41. The van der Waals surface area contributed by atoms with E-state index in [9.17, 15) is 4.79 Å². The van der Waals surface area contributed by atoms with E-state index in [-0.39, 0.29) is 18.6 Å². The van der Waals surface area contributed by atoms with Gasteiger partial charge in [-0.05, 0) is 50.5 Å². The highest BCUT2D eigenvalue weighted by Gasteiger charge is 2.05. The van der Waals surface area contributed by atoms with Crippen LogP contribution in [-0.4, -0.2) is 30.3 Å². The van der Waals surface area contributed by atoms with Gasteiger partial charge in [-0.25, -0.2) is 0 Å². The zero-order valence-electron chi connectivity index (χ0n) is 11.3. The summed E-state index contributed by atoms with van der Waals surface area (Å²) in [6.45, 7) is 4.14. The number of rotatable bonds is 7. The van der Waals surface area contributed by atoms with E-state index in [2.05, 4.69) is 5.32 Å². The smallest absolute Gasteiger partial charge is 0.257 e. The van der Waals surface area contributed by atoms with Gasteiger partial charge in [-0.15, -0.1) is 0 Å². The Morgan fingerprint density at radius 3 is 2.89 bits per heavy atom. The Balaban J connectivity index is 2.26. The Bertz CT molecular complexity index is 421. The van der Waals surface area contributed by atoms with Crippen molar-refractivity contribution in [2.24, 2.45) is 0 Å². The summed E-state index contributed by atoms with van der Waals surface area (Å²) in [5.41, 5.74) is 0.898. The second-order valence-corrected chi connectivity index (χ2v) is 4.98. The molecule has 0 spiro atoms. The molecule has 0 saturated heterocycles. The summed E-state index contributed by atoms with van der Waals surface area (Å²) in [4.78, 5) is 11.5. The van der Waals surface area contributed by atoms with E-state index in [1.807, 2.05) is 6.92 Å². The van der Waals surface area contributed by atoms with Crippen LogP contribution in [0, 0.1) is 6.92 Å². The Morgan fingerprint density at radius 1 is 1.53 bits per heavy atom. The van der Waals surface area contributed by atoms with Crippen LogP contribution >= 0.6 is 11.6 Å². The first-order valence-corrected chi connectivity index (χ1v) is 6.70. The van der Waals surface area contributed by atoms with Crippen LogP contribution in [-0.2, 0) is 4.79 Å². The standard InChI is InChI=1S/C14H20ClNO3/c1-10-8-12(15)5-6-13(10)19-9-14(18)16-7-3-4-11(2)17/h5-6,8,11,17H,3-4,7,9H2,1-2H3,(H,16,18). The Labute approximate surface area is 118 Å². The molecule has 0 aliphatic rings. The van der Waals surface area contributed by atoms with Crippen molar-refractivity contribution in [3.05, 3.63) is 28.8 Å². The van der Waals surface area contributed by atoms with Crippen LogP contribution in [0.3, 0.4) is 0 Å². The maximum Gasteiger partial charge on any atom is 0.257 e. The highest BCUT2D eigenvalue weighted by molar-refractivity contribution is 6.30. The van der Waals surface area contributed by atoms with Crippen molar-refractivity contribution in [3.63, 3.8) is 0 Å². The third-order valence-electron chi connectivity index (χ3n) is 2.62. The van der Waals surface area contributed by atoms with E-state index < -0.39 is 0 Å². The molecule has 0 aromatic heterocycles. The largest absolute Gasteiger partial charge is 0.484 e. The van der Waals surface area contributed by atoms with Gasteiger partial charge in [0.25, 0.3) is 5.91 Å². The minimum absolute atomic E-state index is 0.0167. The molecule has 4 nitrogen and oxygen atoms in total. The number of carbonyl (C=O) groups is 1. The fourth-order valence-electron chi connectivity index (χ4n) is 1.59. The zero-order valence-corrected chi connectivity index (χ0v) is 12.0. The average molecular weight is 286 g/mol. The lowest BCUT2D eigenvalue weighted by Gasteiger charge is -2.10. The quantitative estimate of drug-likeness (QED) is 0.756. The lowest BCUT2D eigenvalue weighted by atomic mass is 10.2. The number of aryl methyl sites for hydroxylation is 1. The molecule has 1 rings (SSSR count). The highest BCUT2D eigenvalue weighted by Crippen LogP contribution is 2.21. The third kappa shape index (κ3) is 6.45. The van der Waals surface area contributed by atoms with E-state index in [1.54, 1.807) is 25.1 Å². The molecule has 0 radical (unpaired) electrons. The minimum Gasteiger partial charge on any atom is -0.484 e. The van der Waals surface area contributed by atoms with Gasteiger partial charge in [-0.2, -0.15) is 0 Å². The molecule has 19 heavy (non-hydrogen) atoms. The average Bonchev–Trinajstić information content (AvgIpc) is 2.33. The first kappa shape index (κ1) is 15.8. The number of halogens is 1. The Kier molecular flexibility index (Phi) is 6.67. The summed E-state index contributed by atoms with van der Waals surface area (Å²) in [6.07, 6.45) is 1.10. The second kappa shape index (κ2) is 8.02. The molecule has 1 atom stereocenters. The lowest BCUT2D eigenvalue weighted by molar-refractivity contribution is -0.123. The number of nitrogens with one attached hydrogen (secondary N) is 1. The predicted molar refractivity (Wildman–Crippen MR) is 75.6 cm³/mol. The molecule has 0 saturated carbocycles. The molecule has 1 aromatic carbocycles. The first-order chi connectivity index (χ1) is 8.99. The van der Waals surface area contributed by atoms with Crippen molar-refractivity contribution in [1.82, 2.24) is 5.32 Å². The van der Waals surface area contributed by atoms with Gasteiger partial charge in [0.05, 0.1) is 6.10 Å². The number of amides is 1. The summed E-state index contributed by atoms with van der Waals surface area (Å²) in [7, 11) is 0. The molecular formula is C14H20ClNO3. The minimum atomic E-state index is -0.329. The molecule has 5 heteroatoms. The zero-order chi connectivity index (χ0) is 14.3. The summed E-state index contributed by atoms with van der Waals surface area (Å²) in [5.74, 6) is 0.489. The topological polar surface area (TPSA) is 58.6 Å². The maximum absolute atomic E-state index is 11.5. The number of aliphatic hydroxyl groups is 1. The normalized spacial score (nSPS) is 12.0. The molecular weight excluding hydrogens is 266 g/mol. The number of ether oxygens (including phenoxy) is 1. The number of hydrogen-bond donors (Lipinski definition) is 2. The van der Waals surface area contributed by atoms with E-state index in [0.717, 1.165) is 12.0 Å². The Morgan fingerprint density at radius 2 is 2.26 bits per heavy atom. The number of carbonyl (C=O) groups excluding carboxylic acids is 1. The Hall–Kier alpha value is -1.26.